The van der Waals surface area contributed by atoms with Crippen molar-refractivity contribution in [1.29, 1.82) is 0 Å². The predicted molar refractivity (Wildman–Crippen MR) is 65.1 cm³/mol. The summed E-state index contributed by atoms with van der Waals surface area (Å²) in [5.41, 5.74) is 0. The lowest BCUT2D eigenvalue weighted by Gasteiger charge is -2.13. The standard InChI is InChI=1S/C11H16N4O3/c1-2-3-8(10(16)17)15-11(18)14-5-4-9-12-6-7-13-9/h2,6-8H,1,3-5H2,(H,12,13)(H,16,17)(H2,14,15,18). The van der Waals surface area contributed by atoms with Crippen LogP contribution >= 0.6 is 0 Å². The highest BCUT2D eigenvalue weighted by Crippen LogP contribution is 1.93. The van der Waals surface area contributed by atoms with E-state index in [4.69, 9.17) is 5.11 Å². The Kier molecular flexibility index (Phi) is 5.43. The summed E-state index contributed by atoms with van der Waals surface area (Å²) in [6, 6.07) is -1.47. The number of carboxylic acid groups (broad SMARTS) is 1. The van der Waals surface area contributed by atoms with E-state index in [1.54, 1.807) is 12.4 Å². The third-order valence-corrected chi connectivity index (χ3v) is 2.21. The van der Waals surface area contributed by atoms with E-state index >= 15 is 0 Å². The second-order valence-corrected chi connectivity index (χ2v) is 3.60. The molecule has 1 heterocycles. The Balaban J connectivity index is 2.27. The van der Waals surface area contributed by atoms with Crippen molar-refractivity contribution in [2.24, 2.45) is 0 Å². The van der Waals surface area contributed by atoms with Gasteiger partial charge in [-0.05, 0) is 6.42 Å². The topological polar surface area (TPSA) is 107 Å². The van der Waals surface area contributed by atoms with Gasteiger partial charge in [0.2, 0.25) is 0 Å². The zero-order valence-corrected chi connectivity index (χ0v) is 9.85. The van der Waals surface area contributed by atoms with Crippen LogP contribution < -0.4 is 10.6 Å². The molecule has 1 rings (SSSR count). The van der Waals surface area contributed by atoms with E-state index in [1.165, 1.54) is 6.08 Å². The van der Waals surface area contributed by atoms with Crippen molar-refractivity contribution in [1.82, 2.24) is 20.6 Å². The molecule has 4 N–H and O–H groups in total. The SMILES string of the molecule is C=CCC(NC(=O)NCCc1ncc[nH]1)C(=O)O. The average Bonchev–Trinajstić information content (AvgIpc) is 2.81. The van der Waals surface area contributed by atoms with E-state index < -0.39 is 18.0 Å². The number of amides is 2. The molecule has 18 heavy (non-hydrogen) atoms. The molecule has 2 amide bonds. The maximum absolute atomic E-state index is 11.4. The van der Waals surface area contributed by atoms with E-state index in [2.05, 4.69) is 27.2 Å². The summed E-state index contributed by atoms with van der Waals surface area (Å²) in [5, 5.41) is 13.7. The monoisotopic (exact) mass is 252 g/mol. The van der Waals surface area contributed by atoms with Crippen LogP contribution in [0.25, 0.3) is 0 Å². The number of aromatic amines is 1. The maximum Gasteiger partial charge on any atom is 0.326 e. The van der Waals surface area contributed by atoms with Gasteiger partial charge in [0.25, 0.3) is 0 Å². The smallest absolute Gasteiger partial charge is 0.326 e. The molecule has 0 aliphatic heterocycles. The first-order valence-corrected chi connectivity index (χ1v) is 5.49. The summed E-state index contributed by atoms with van der Waals surface area (Å²) in [6.45, 7) is 3.81. The number of nitrogens with one attached hydrogen (secondary N) is 3. The van der Waals surface area contributed by atoms with Gasteiger partial charge < -0.3 is 20.7 Å². The largest absolute Gasteiger partial charge is 0.480 e. The summed E-state index contributed by atoms with van der Waals surface area (Å²) in [6.07, 6.45) is 5.50. The van der Waals surface area contributed by atoms with Gasteiger partial charge in [-0.1, -0.05) is 6.08 Å². The molecule has 7 heteroatoms. The fraction of sp³-hybridized carbons (Fsp3) is 0.364. The van der Waals surface area contributed by atoms with Crippen LogP contribution in [0.3, 0.4) is 0 Å². The molecular weight excluding hydrogens is 236 g/mol. The molecule has 0 saturated heterocycles. The third kappa shape index (κ3) is 4.69. The number of H-pyrrole nitrogens is 1. The Morgan fingerprint density at radius 3 is 2.94 bits per heavy atom. The Morgan fingerprint density at radius 2 is 2.39 bits per heavy atom. The molecule has 0 spiro atoms. The lowest BCUT2D eigenvalue weighted by Crippen LogP contribution is -2.46. The lowest BCUT2D eigenvalue weighted by atomic mass is 10.2. The fourth-order valence-electron chi connectivity index (χ4n) is 1.33. The molecule has 1 atom stereocenters. The Hall–Kier alpha value is -2.31. The number of nitrogens with zero attached hydrogens (tertiary/aromatic N) is 1. The van der Waals surface area contributed by atoms with E-state index in [1.807, 2.05) is 0 Å². The summed E-state index contributed by atoms with van der Waals surface area (Å²) < 4.78 is 0. The number of hydrogen-bond donors (Lipinski definition) is 4. The number of carbonyl (C=O) groups excluding carboxylic acids is 1. The van der Waals surface area contributed by atoms with Crippen LogP contribution in [0.5, 0.6) is 0 Å². The second-order valence-electron chi connectivity index (χ2n) is 3.60. The highest BCUT2D eigenvalue weighted by Gasteiger charge is 2.17. The number of carboxylic acids is 1. The quantitative estimate of drug-likeness (QED) is 0.523. The fourth-order valence-corrected chi connectivity index (χ4v) is 1.33. The number of rotatable bonds is 7. The second kappa shape index (κ2) is 7.10. The van der Waals surface area contributed by atoms with Crippen molar-refractivity contribution in [2.75, 3.05) is 6.54 Å². The normalized spacial score (nSPS) is 11.6. The minimum Gasteiger partial charge on any atom is -0.480 e. The first-order chi connectivity index (χ1) is 8.63. The predicted octanol–water partition coefficient (Wildman–Crippen LogP) is 0.281. The molecule has 1 aromatic rings. The van der Waals surface area contributed by atoms with Crippen molar-refractivity contribution in [3.05, 3.63) is 30.9 Å². The molecular formula is C11H16N4O3. The van der Waals surface area contributed by atoms with E-state index in [0.717, 1.165) is 5.82 Å². The van der Waals surface area contributed by atoms with Gasteiger partial charge in [0.15, 0.2) is 0 Å². The van der Waals surface area contributed by atoms with E-state index in [9.17, 15) is 9.59 Å². The van der Waals surface area contributed by atoms with Crippen molar-refractivity contribution in [3.8, 4) is 0 Å². The minimum atomic E-state index is -1.09. The van der Waals surface area contributed by atoms with Gasteiger partial charge in [0.05, 0.1) is 0 Å². The molecule has 0 radical (unpaired) electrons. The molecule has 0 aromatic carbocycles. The summed E-state index contributed by atoms with van der Waals surface area (Å²) in [7, 11) is 0. The van der Waals surface area contributed by atoms with Crippen LogP contribution in [0, 0.1) is 0 Å². The first-order valence-electron chi connectivity index (χ1n) is 5.49. The van der Waals surface area contributed by atoms with Crippen LogP contribution in [0.1, 0.15) is 12.2 Å². The van der Waals surface area contributed by atoms with Crippen LogP contribution in [-0.2, 0) is 11.2 Å². The number of imidazole rings is 1. The molecule has 98 valence electrons. The first kappa shape index (κ1) is 13.8. The summed E-state index contributed by atoms with van der Waals surface area (Å²) >= 11 is 0. The van der Waals surface area contributed by atoms with Gasteiger partial charge in [-0.25, -0.2) is 14.6 Å². The third-order valence-electron chi connectivity index (χ3n) is 2.21. The Labute approximate surface area is 104 Å². The van der Waals surface area contributed by atoms with E-state index in [0.29, 0.717) is 13.0 Å². The van der Waals surface area contributed by atoms with E-state index in [-0.39, 0.29) is 6.42 Å². The van der Waals surface area contributed by atoms with Gasteiger partial charge in [-0.15, -0.1) is 6.58 Å². The van der Waals surface area contributed by atoms with Crippen LogP contribution in [0.15, 0.2) is 25.0 Å². The van der Waals surface area contributed by atoms with Crippen LogP contribution in [-0.4, -0.2) is 39.7 Å². The number of hydrogen-bond acceptors (Lipinski definition) is 3. The van der Waals surface area contributed by atoms with Crippen molar-refractivity contribution < 1.29 is 14.7 Å². The number of urea groups is 1. The van der Waals surface area contributed by atoms with Crippen LogP contribution in [0.4, 0.5) is 4.79 Å². The number of aromatic nitrogens is 2. The highest BCUT2D eigenvalue weighted by molar-refractivity contribution is 5.82. The number of aliphatic carboxylic acids is 1. The minimum absolute atomic E-state index is 0.181. The highest BCUT2D eigenvalue weighted by atomic mass is 16.4. The van der Waals surface area contributed by atoms with Gasteiger partial charge in [-0.3, -0.25) is 0 Å². The van der Waals surface area contributed by atoms with Gasteiger partial charge in [0.1, 0.15) is 11.9 Å². The van der Waals surface area contributed by atoms with Crippen molar-refractivity contribution in [3.63, 3.8) is 0 Å². The van der Waals surface area contributed by atoms with Gasteiger partial charge in [0, 0.05) is 25.4 Å². The zero-order valence-electron chi connectivity index (χ0n) is 9.85. The zero-order chi connectivity index (χ0) is 13.4. The molecule has 0 fully saturated rings. The summed E-state index contributed by atoms with van der Waals surface area (Å²) in [4.78, 5) is 29.1. The summed E-state index contributed by atoms with van der Waals surface area (Å²) in [5.74, 6) is -0.327. The van der Waals surface area contributed by atoms with Gasteiger partial charge >= 0.3 is 12.0 Å². The van der Waals surface area contributed by atoms with Crippen LogP contribution in [0.2, 0.25) is 0 Å². The molecule has 0 aliphatic carbocycles. The maximum atomic E-state index is 11.4. The molecule has 1 aromatic heterocycles. The van der Waals surface area contributed by atoms with Gasteiger partial charge in [-0.2, -0.15) is 0 Å². The Bertz CT molecular complexity index is 402. The average molecular weight is 252 g/mol. The Morgan fingerprint density at radius 1 is 1.61 bits per heavy atom. The van der Waals surface area contributed by atoms with Crippen molar-refractivity contribution in [2.45, 2.75) is 18.9 Å². The lowest BCUT2D eigenvalue weighted by molar-refractivity contribution is -0.139. The molecule has 0 bridgehead atoms. The molecule has 1 unspecified atom stereocenters. The number of carbonyl (C=O) groups is 2. The molecule has 7 nitrogen and oxygen atoms in total. The molecule has 0 aliphatic rings. The molecule has 0 saturated carbocycles. The van der Waals surface area contributed by atoms with Crippen molar-refractivity contribution >= 4 is 12.0 Å².